The molecular formula is C18H22F2O. The minimum atomic E-state index is -0.885. The van der Waals surface area contributed by atoms with Crippen LogP contribution in [-0.2, 0) is 0 Å². The van der Waals surface area contributed by atoms with Crippen molar-refractivity contribution in [2.75, 3.05) is 6.61 Å². The van der Waals surface area contributed by atoms with Crippen LogP contribution in [0.3, 0.4) is 0 Å². The van der Waals surface area contributed by atoms with Gasteiger partial charge in [0.25, 0.3) is 0 Å². The topological polar surface area (TPSA) is 9.23 Å². The Morgan fingerprint density at radius 1 is 1.33 bits per heavy atom. The van der Waals surface area contributed by atoms with E-state index < -0.39 is 11.6 Å². The van der Waals surface area contributed by atoms with Gasteiger partial charge in [-0.3, -0.25) is 0 Å². The minimum Gasteiger partial charge on any atom is -0.491 e. The second-order valence-corrected chi connectivity index (χ2v) is 5.41. The molecule has 0 saturated carbocycles. The lowest BCUT2D eigenvalue weighted by Crippen LogP contribution is -2.07. The molecule has 0 spiro atoms. The molecule has 0 heterocycles. The zero-order chi connectivity index (χ0) is 15.2. The molecule has 0 aliphatic heterocycles. The van der Waals surface area contributed by atoms with E-state index in [0.29, 0.717) is 18.1 Å². The van der Waals surface area contributed by atoms with Gasteiger partial charge in [0.05, 0.1) is 6.61 Å². The van der Waals surface area contributed by atoms with Crippen molar-refractivity contribution in [2.45, 2.75) is 39.0 Å². The highest BCUT2D eigenvalue weighted by molar-refractivity contribution is 5.67. The van der Waals surface area contributed by atoms with E-state index in [-0.39, 0.29) is 5.75 Å². The largest absolute Gasteiger partial charge is 0.491 e. The van der Waals surface area contributed by atoms with E-state index in [1.165, 1.54) is 6.07 Å². The van der Waals surface area contributed by atoms with Crippen molar-refractivity contribution in [3.63, 3.8) is 0 Å². The Hall–Kier alpha value is -1.64. The molecular weight excluding hydrogens is 270 g/mol. The molecule has 0 saturated heterocycles. The van der Waals surface area contributed by atoms with E-state index in [1.807, 2.05) is 6.08 Å². The molecule has 0 amide bonds. The van der Waals surface area contributed by atoms with Crippen molar-refractivity contribution < 1.29 is 13.5 Å². The van der Waals surface area contributed by atoms with Crippen LogP contribution in [0.4, 0.5) is 8.78 Å². The molecule has 1 atom stereocenters. The van der Waals surface area contributed by atoms with E-state index in [9.17, 15) is 8.78 Å². The van der Waals surface area contributed by atoms with Gasteiger partial charge >= 0.3 is 0 Å². The standard InChI is InChI=1S/C18H22F2O/c1-3-5-6-13-7-9-14(10-8-13)15-11-12-16(21-4-2)18(20)17(15)19/h3,9,11-13H,1,4-8,10H2,2H3. The number of hydrogen-bond acceptors (Lipinski definition) is 1. The maximum absolute atomic E-state index is 14.2. The number of halogens is 2. The summed E-state index contributed by atoms with van der Waals surface area (Å²) in [6, 6.07) is 3.14. The summed E-state index contributed by atoms with van der Waals surface area (Å²) in [7, 11) is 0. The zero-order valence-corrected chi connectivity index (χ0v) is 12.5. The van der Waals surface area contributed by atoms with Gasteiger partial charge < -0.3 is 4.74 Å². The first-order valence-electron chi connectivity index (χ1n) is 7.58. The first-order valence-corrected chi connectivity index (χ1v) is 7.58. The molecule has 1 unspecified atom stereocenters. The predicted molar refractivity (Wildman–Crippen MR) is 82.3 cm³/mol. The van der Waals surface area contributed by atoms with Crippen LogP contribution in [0.25, 0.3) is 5.57 Å². The first kappa shape index (κ1) is 15.7. The van der Waals surface area contributed by atoms with Crippen LogP contribution >= 0.6 is 0 Å². The summed E-state index contributed by atoms with van der Waals surface area (Å²) in [6.45, 7) is 5.80. The van der Waals surface area contributed by atoms with Crippen molar-refractivity contribution in [3.05, 3.63) is 48.1 Å². The maximum atomic E-state index is 14.2. The molecule has 0 fully saturated rings. The smallest absolute Gasteiger partial charge is 0.201 e. The third-order valence-electron chi connectivity index (χ3n) is 3.99. The third kappa shape index (κ3) is 3.72. The van der Waals surface area contributed by atoms with Gasteiger partial charge in [0.1, 0.15) is 0 Å². The molecule has 1 aliphatic rings. The Labute approximate surface area is 125 Å². The molecule has 0 radical (unpaired) electrons. The average Bonchev–Trinajstić information content (AvgIpc) is 2.51. The molecule has 1 nitrogen and oxygen atoms in total. The van der Waals surface area contributed by atoms with Crippen LogP contribution in [0.15, 0.2) is 30.9 Å². The molecule has 3 heteroatoms. The van der Waals surface area contributed by atoms with Crippen LogP contribution in [0.1, 0.15) is 44.6 Å². The fraction of sp³-hybridized carbons (Fsp3) is 0.444. The molecule has 1 aliphatic carbocycles. The van der Waals surface area contributed by atoms with Gasteiger partial charge in [-0.15, -0.1) is 6.58 Å². The third-order valence-corrected chi connectivity index (χ3v) is 3.99. The Bertz CT molecular complexity index is 534. The molecule has 0 bridgehead atoms. The van der Waals surface area contributed by atoms with Gasteiger partial charge in [0.2, 0.25) is 5.82 Å². The maximum Gasteiger partial charge on any atom is 0.201 e. The summed E-state index contributed by atoms with van der Waals surface area (Å²) in [6.07, 6.45) is 8.86. The van der Waals surface area contributed by atoms with Crippen LogP contribution in [0, 0.1) is 17.6 Å². The van der Waals surface area contributed by atoms with Crippen LogP contribution in [0.5, 0.6) is 5.75 Å². The van der Waals surface area contributed by atoms with Crippen molar-refractivity contribution >= 4 is 5.57 Å². The zero-order valence-electron chi connectivity index (χ0n) is 12.5. The minimum absolute atomic E-state index is 0.0148. The molecule has 2 rings (SSSR count). The summed E-state index contributed by atoms with van der Waals surface area (Å²) in [5, 5.41) is 0. The highest BCUT2D eigenvalue weighted by atomic mass is 19.2. The van der Waals surface area contributed by atoms with Crippen LogP contribution in [-0.4, -0.2) is 6.61 Å². The van der Waals surface area contributed by atoms with Gasteiger partial charge in [-0.2, -0.15) is 4.39 Å². The quantitative estimate of drug-likeness (QED) is 0.628. The second-order valence-electron chi connectivity index (χ2n) is 5.41. The number of rotatable bonds is 6. The van der Waals surface area contributed by atoms with E-state index in [1.54, 1.807) is 13.0 Å². The predicted octanol–water partition coefficient (Wildman–Crippen LogP) is 5.51. The Morgan fingerprint density at radius 3 is 2.76 bits per heavy atom. The number of hydrogen-bond donors (Lipinski definition) is 0. The molecule has 21 heavy (non-hydrogen) atoms. The second kappa shape index (κ2) is 7.39. The Balaban J connectivity index is 2.14. The van der Waals surface area contributed by atoms with Crippen molar-refractivity contribution in [3.8, 4) is 5.75 Å². The van der Waals surface area contributed by atoms with E-state index in [0.717, 1.165) is 37.7 Å². The molecule has 114 valence electrons. The number of benzene rings is 1. The molecule has 0 N–H and O–H groups in total. The Morgan fingerprint density at radius 2 is 2.14 bits per heavy atom. The normalized spacial score (nSPS) is 18.2. The summed E-state index contributed by atoms with van der Waals surface area (Å²) in [5.74, 6) is -1.07. The molecule has 1 aromatic rings. The lowest BCUT2D eigenvalue weighted by atomic mass is 9.84. The van der Waals surface area contributed by atoms with Crippen molar-refractivity contribution in [1.29, 1.82) is 0 Å². The van der Waals surface area contributed by atoms with Gasteiger partial charge in [0, 0.05) is 5.56 Å². The monoisotopic (exact) mass is 292 g/mol. The van der Waals surface area contributed by atoms with E-state index >= 15 is 0 Å². The summed E-state index contributed by atoms with van der Waals surface area (Å²) < 4.78 is 33.1. The fourth-order valence-corrected chi connectivity index (χ4v) is 2.80. The highest BCUT2D eigenvalue weighted by Crippen LogP contribution is 2.35. The van der Waals surface area contributed by atoms with E-state index in [2.05, 4.69) is 12.7 Å². The number of allylic oxidation sites excluding steroid dienone is 3. The first-order chi connectivity index (χ1) is 10.2. The summed E-state index contributed by atoms with van der Waals surface area (Å²) in [4.78, 5) is 0. The van der Waals surface area contributed by atoms with Gasteiger partial charge in [-0.25, -0.2) is 4.39 Å². The van der Waals surface area contributed by atoms with Crippen LogP contribution < -0.4 is 4.74 Å². The average molecular weight is 292 g/mol. The fourth-order valence-electron chi connectivity index (χ4n) is 2.80. The SMILES string of the molecule is C=CCCC1CC=C(c2ccc(OCC)c(F)c2F)CC1. The van der Waals surface area contributed by atoms with Gasteiger partial charge in [0.15, 0.2) is 11.6 Å². The van der Waals surface area contributed by atoms with Crippen molar-refractivity contribution in [2.24, 2.45) is 5.92 Å². The molecule has 1 aromatic carbocycles. The van der Waals surface area contributed by atoms with E-state index in [4.69, 9.17) is 4.74 Å². The van der Waals surface area contributed by atoms with Gasteiger partial charge in [-0.05, 0) is 62.7 Å². The Kier molecular flexibility index (Phi) is 5.54. The lowest BCUT2D eigenvalue weighted by Gasteiger charge is -2.22. The van der Waals surface area contributed by atoms with Crippen LogP contribution in [0.2, 0.25) is 0 Å². The molecule has 0 aromatic heterocycles. The van der Waals surface area contributed by atoms with Crippen molar-refractivity contribution in [1.82, 2.24) is 0 Å². The number of ether oxygens (including phenoxy) is 1. The van der Waals surface area contributed by atoms with Gasteiger partial charge in [-0.1, -0.05) is 12.2 Å². The summed E-state index contributed by atoms with van der Waals surface area (Å²) >= 11 is 0. The highest BCUT2D eigenvalue weighted by Gasteiger charge is 2.20. The lowest BCUT2D eigenvalue weighted by molar-refractivity contribution is 0.314. The summed E-state index contributed by atoms with van der Waals surface area (Å²) in [5.41, 5.74) is 1.28.